The molecule has 33 heavy (non-hydrogen) atoms. The predicted molar refractivity (Wildman–Crippen MR) is 121 cm³/mol. The van der Waals surface area contributed by atoms with Crippen LogP contribution in [0.25, 0.3) is 5.82 Å². The van der Waals surface area contributed by atoms with Crippen molar-refractivity contribution in [2.45, 2.75) is 11.8 Å². The zero-order chi connectivity index (χ0) is 23.4. The first-order valence-corrected chi connectivity index (χ1v) is 11.3. The van der Waals surface area contributed by atoms with Gasteiger partial charge in [-0.05, 0) is 55.5 Å². The lowest BCUT2D eigenvalue weighted by atomic mass is 10.3. The van der Waals surface area contributed by atoms with Crippen LogP contribution in [0, 0.1) is 6.92 Å². The highest BCUT2D eigenvalue weighted by Crippen LogP contribution is 2.30. The maximum absolute atomic E-state index is 12.7. The van der Waals surface area contributed by atoms with Gasteiger partial charge in [0.2, 0.25) is 5.88 Å². The molecule has 1 N–H and O–H groups in total. The summed E-state index contributed by atoms with van der Waals surface area (Å²) in [5.74, 6) is 2.09. The molecule has 170 valence electrons. The van der Waals surface area contributed by atoms with Crippen molar-refractivity contribution < 1.29 is 22.6 Å². The summed E-state index contributed by atoms with van der Waals surface area (Å²) in [5.41, 5.74) is 1.24. The molecule has 0 bridgehead atoms. The normalized spacial score (nSPS) is 11.1. The number of ether oxygens (including phenoxy) is 3. The van der Waals surface area contributed by atoms with Crippen LogP contribution in [0.2, 0.25) is 0 Å². The number of rotatable bonds is 8. The highest BCUT2D eigenvalue weighted by atomic mass is 32.2. The monoisotopic (exact) mass is 467 g/mol. The zero-order valence-corrected chi connectivity index (χ0v) is 18.9. The molecule has 0 aliphatic rings. The van der Waals surface area contributed by atoms with Crippen LogP contribution in [0.15, 0.2) is 71.8 Å². The summed E-state index contributed by atoms with van der Waals surface area (Å²) in [7, 11) is -0.908. The number of sulfonamides is 1. The van der Waals surface area contributed by atoms with Gasteiger partial charge in [0.15, 0.2) is 17.3 Å². The van der Waals surface area contributed by atoms with Crippen molar-refractivity contribution >= 4 is 15.7 Å². The fraction of sp³-hybridized carbons (Fsp3) is 0.136. The molecule has 0 atom stereocenters. The van der Waals surface area contributed by atoms with Crippen LogP contribution in [0.3, 0.4) is 0 Å². The van der Waals surface area contributed by atoms with Crippen LogP contribution in [-0.2, 0) is 10.0 Å². The van der Waals surface area contributed by atoms with Gasteiger partial charge in [0.25, 0.3) is 10.0 Å². The number of aromatic nitrogens is 4. The molecule has 11 heteroatoms. The average molecular weight is 468 g/mol. The molecule has 10 nitrogen and oxygen atoms in total. The summed E-state index contributed by atoms with van der Waals surface area (Å²) in [6.45, 7) is 1.89. The number of anilines is 1. The lowest BCUT2D eigenvalue weighted by molar-refractivity contribution is 0.354. The molecule has 2 aromatic carbocycles. The fourth-order valence-electron chi connectivity index (χ4n) is 2.94. The molecule has 2 heterocycles. The largest absolute Gasteiger partial charge is 0.493 e. The van der Waals surface area contributed by atoms with E-state index in [9.17, 15) is 8.42 Å². The number of benzene rings is 2. The van der Waals surface area contributed by atoms with E-state index in [0.717, 1.165) is 5.69 Å². The lowest BCUT2D eigenvalue weighted by Gasteiger charge is -2.12. The summed E-state index contributed by atoms with van der Waals surface area (Å²) in [6, 6.07) is 16.1. The van der Waals surface area contributed by atoms with Gasteiger partial charge in [-0.25, -0.2) is 13.1 Å². The minimum atomic E-state index is -3.83. The minimum Gasteiger partial charge on any atom is -0.493 e. The molecule has 0 saturated heterocycles. The van der Waals surface area contributed by atoms with Crippen LogP contribution in [-0.4, -0.2) is 42.6 Å². The number of hydrogen-bond acceptors (Lipinski definition) is 8. The third kappa shape index (κ3) is 5.04. The smallest absolute Gasteiger partial charge is 0.262 e. The Morgan fingerprint density at radius 1 is 0.879 bits per heavy atom. The van der Waals surface area contributed by atoms with Crippen LogP contribution in [0.4, 0.5) is 5.69 Å². The first kappa shape index (κ1) is 22.1. The van der Waals surface area contributed by atoms with Gasteiger partial charge in [-0.15, -0.1) is 10.2 Å². The number of nitrogens with zero attached hydrogens (tertiary/aromatic N) is 4. The Kier molecular flexibility index (Phi) is 6.13. The van der Waals surface area contributed by atoms with Crippen LogP contribution < -0.4 is 18.9 Å². The molecule has 0 aliphatic heterocycles. The second-order valence-electron chi connectivity index (χ2n) is 6.88. The quantitative estimate of drug-likeness (QED) is 0.418. The highest BCUT2D eigenvalue weighted by molar-refractivity contribution is 7.92. The van der Waals surface area contributed by atoms with E-state index in [1.54, 1.807) is 47.3 Å². The fourth-order valence-corrected chi connectivity index (χ4v) is 4.02. The SMILES string of the molecule is COc1ccc(S(=O)(=O)Nc2ccc(Oc3ccc(-n4ccc(C)n4)nn3)cc2)cc1OC. The van der Waals surface area contributed by atoms with Gasteiger partial charge >= 0.3 is 0 Å². The molecule has 0 radical (unpaired) electrons. The van der Waals surface area contributed by atoms with Crippen molar-refractivity contribution in [3.8, 4) is 28.9 Å². The number of aryl methyl sites for hydroxylation is 1. The van der Waals surface area contributed by atoms with Crippen molar-refractivity contribution in [3.63, 3.8) is 0 Å². The van der Waals surface area contributed by atoms with E-state index in [4.69, 9.17) is 14.2 Å². The topological polar surface area (TPSA) is 117 Å². The molecule has 4 rings (SSSR count). The van der Waals surface area contributed by atoms with Gasteiger partial charge in [0, 0.05) is 24.0 Å². The van der Waals surface area contributed by atoms with E-state index in [0.29, 0.717) is 34.6 Å². The van der Waals surface area contributed by atoms with Gasteiger partial charge in [0.1, 0.15) is 5.75 Å². The Morgan fingerprint density at radius 3 is 2.24 bits per heavy atom. The van der Waals surface area contributed by atoms with Gasteiger partial charge < -0.3 is 14.2 Å². The third-order valence-electron chi connectivity index (χ3n) is 4.58. The highest BCUT2D eigenvalue weighted by Gasteiger charge is 2.17. The van der Waals surface area contributed by atoms with Crippen LogP contribution >= 0.6 is 0 Å². The lowest BCUT2D eigenvalue weighted by Crippen LogP contribution is -2.13. The zero-order valence-electron chi connectivity index (χ0n) is 18.1. The number of hydrogen-bond donors (Lipinski definition) is 1. The second kappa shape index (κ2) is 9.17. The molecule has 0 unspecified atom stereocenters. The number of methoxy groups -OCH3 is 2. The van der Waals surface area contributed by atoms with Gasteiger partial charge in [-0.2, -0.15) is 5.10 Å². The summed E-state index contributed by atoms with van der Waals surface area (Å²) in [6.07, 6.45) is 1.79. The second-order valence-corrected chi connectivity index (χ2v) is 8.56. The molecule has 2 aromatic heterocycles. The van der Waals surface area contributed by atoms with Gasteiger partial charge in [-0.3, -0.25) is 4.72 Å². The maximum Gasteiger partial charge on any atom is 0.262 e. The summed E-state index contributed by atoms with van der Waals surface area (Å²) < 4.78 is 45.6. The van der Waals surface area contributed by atoms with Crippen molar-refractivity contribution in [1.29, 1.82) is 0 Å². The molecule has 0 fully saturated rings. The molecule has 0 spiro atoms. The Morgan fingerprint density at radius 2 is 1.64 bits per heavy atom. The van der Waals surface area contributed by atoms with E-state index in [1.165, 1.54) is 32.4 Å². The minimum absolute atomic E-state index is 0.0446. The Hall–Kier alpha value is -4.12. The number of nitrogens with one attached hydrogen (secondary N) is 1. The average Bonchev–Trinajstić information content (AvgIpc) is 3.26. The molecule has 4 aromatic rings. The molecule has 0 amide bonds. The summed E-state index contributed by atoms with van der Waals surface area (Å²) in [4.78, 5) is 0.0446. The van der Waals surface area contributed by atoms with Crippen molar-refractivity contribution in [2.75, 3.05) is 18.9 Å². The first-order valence-electron chi connectivity index (χ1n) is 9.77. The van der Waals surface area contributed by atoms with E-state index < -0.39 is 10.0 Å². The van der Waals surface area contributed by atoms with E-state index in [-0.39, 0.29) is 4.90 Å². The van der Waals surface area contributed by atoms with E-state index in [2.05, 4.69) is 20.0 Å². The Balaban J connectivity index is 1.44. The standard InChI is InChI=1S/C22H21N5O5S/c1-15-12-13-27(25-15)21-10-11-22(24-23-21)32-17-6-4-16(5-7-17)26-33(28,29)18-8-9-19(30-2)20(14-18)31-3/h4-14,26H,1-3H3. The van der Waals surface area contributed by atoms with E-state index >= 15 is 0 Å². The maximum atomic E-state index is 12.7. The predicted octanol–water partition coefficient (Wildman–Crippen LogP) is 3.58. The van der Waals surface area contributed by atoms with Crippen molar-refractivity contribution in [1.82, 2.24) is 20.0 Å². The van der Waals surface area contributed by atoms with Crippen LogP contribution in [0.5, 0.6) is 23.1 Å². The Bertz CT molecular complexity index is 1350. The van der Waals surface area contributed by atoms with E-state index in [1.807, 2.05) is 13.0 Å². The summed E-state index contributed by atoms with van der Waals surface area (Å²) in [5, 5.41) is 12.4. The molecule has 0 saturated carbocycles. The molecular formula is C22H21N5O5S. The molecular weight excluding hydrogens is 446 g/mol. The van der Waals surface area contributed by atoms with Crippen molar-refractivity contribution in [3.05, 3.63) is 72.6 Å². The van der Waals surface area contributed by atoms with Crippen LogP contribution in [0.1, 0.15) is 5.69 Å². The Labute approximate surface area is 190 Å². The van der Waals surface area contributed by atoms with Crippen molar-refractivity contribution in [2.24, 2.45) is 0 Å². The van der Waals surface area contributed by atoms with Gasteiger partial charge in [-0.1, -0.05) is 0 Å². The first-order chi connectivity index (χ1) is 15.9. The summed E-state index contributed by atoms with van der Waals surface area (Å²) >= 11 is 0. The third-order valence-corrected chi connectivity index (χ3v) is 5.96. The van der Waals surface area contributed by atoms with Gasteiger partial charge in [0.05, 0.1) is 24.8 Å². The molecule has 0 aliphatic carbocycles.